The number of likely N-dealkylation sites (tertiary alicyclic amines) is 1. The third kappa shape index (κ3) is 3.72. The molecule has 0 radical (unpaired) electrons. The Morgan fingerprint density at radius 3 is 2.71 bits per heavy atom. The third-order valence-electron chi connectivity index (χ3n) is 3.27. The molecule has 1 heterocycles. The van der Waals surface area contributed by atoms with Crippen molar-refractivity contribution < 1.29 is 4.74 Å². The van der Waals surface area contributed by atoms with Crippen LogP contribution in [0.15, 0.2) is 24.3 Å². The van der Waals surface area contributed by atoms with Crippen LogP contribution in [0, 0.1) is 0 Å². The predicted octanol–water partition coefficient (Wildman–Crippen LogP) is 2.01. The summed E-state index contributed by atoms with van der Waals surface area (Å²) >= 11 is 0. The van der Waals surface area contributed by atoms with Crippen molar-refractivity contribution in [3.8, 4) is 5.75 Å². The first-order valence-electron chi connectivity index (χ1n) is 6.53. The summed E-state index contributed by atoms with van der Waals surface area (Å²) in [6.45, 7) is 5.01. The molecule has 17 heavy (non-hydrogen) atoms. The van der Waals surface area contributed by atoms with Crippen LogP contribution in [0.25, 0.3) is 0 Å². The number of para-hydroxylation sites is 1. The average molecular weight is 234 g/mol. The van der Waals surface area contributed by atoms with Gasteiger partial charge in [0, 0.05) is 18.7 Å². The summed E-state index contributed by atoms with van der Waals surface area (Å²) in [5, 5.41) is 0. The minimum atomic E-state index is 0.544. The minimum absolute atomic E-state index is 0.544. The Kier molecular flexibility index (Phi) is 4.83. The fourth-order valence-corrected chi connectivity index (χ4v) is 2.29. The highest BCUT2D eigenvalue weighted by Gasteiger charge is 2.10. The molecular weight excluding hydrogens is 212 g/mol. The summed E-state index contributed by atoms with van der Waals surface area (Å²) in [7, 11) is 0. The molecule has 1 aromatic rings. The molecule has 3 heteroatoms. The van der Waals surface area contributed by atoms with Crippen LogP contribution in [0.3, 0.4) is 0 Å². The summed E-state index contributed by atoms with van der Waals surface area (Å²) in [5.74, 6) is 0.941. The predicted molar refractivity (Wildman–Crippen MR) is 70.1 cm³/mol. The molecule has 1 aliphatic heterocycles. The first-order valence-corrected chi connectivity index (χ1v) is 6.53. The lowest BCUT2D eigenvalue weighted by molar-refractivity contribution is 0.262. The lowest BCUT2D eigenvalue weighted by Crippen LogP contribution is -2.22. The highest BCUT2D eigenvalue weighted by Crippen LogP contribution is 2.17. The number of benzene rings is 1. The number of nitrogens with zero attached hydrogens (tertiary/aromatic N) is 1. The van der Waals surface area contributed by atoms with E-state index in [-0.39, 0.29) is 0 Å². The van der Waals surface area contributed by atoms with Crippen molar-refractivity contribution >= 4 is 0 Å². The topological polar surface area (TPSA) is 38.5 Å². The second-order valence-electron chi connectivity index (χ2n) is 4.56. The Morgan fingerprint density at radius 1 is 1.18 bits per heavy atom. The molecule has 0 aromatic heterocycles. The Hall–Kier alpha value is -1.06. The maximum atomic E-state index is 5.78. The van der Waals surface area contributed by atoms with Crippen LogP contribution < -0.4 is 10.5 Å². The Morgan fingerprint density at radius 2 is 1.94 bits per heavy atom. The number of hydrogen-bond donors (Lipinski definition) is 1. The first-order chi connectivity index (χ1) is 8.40. The maximum Gasteiger partial charge on any atom is 0.123 e. The zero-order valence-corrected chi connectivity index (χ0v) is 10.4. The molecule has 0 amide bonds. The van der Waals surface area contributed by atoms with Crippen LogP contribution in [0.5, 0.6) is 5.75 Å². The van der Waals surface area contributed by atoms with Crippen LogP contribution in [-0.2, 0) is 6.54 Å². The van der Waals surface area contributed by atoms with E-state index in [1.165, 1.54) is 25.9 Å². The van der Waals surface area contributed by atoms with Gasteiger partial charge in [-0.25, -0.2) is 0 Å². The van der Waals surface area contributed by atoms with Gasteiger partial charge in [-0.05, 0) is 38.4 Å². The molecule has 94 valence electrons. The molecule has 0 saturated carbocycles. The quantitative estimate of drug-likeness (QED) is 0.765. The Labute approximate surface area is 104 Å². The van der Waals surface area contributed by atoms with Crippen molar-refractivity contribution in [2.24, 2.45) is 5.73 Å². The van der Waals surface area contributed by atoms with Crippen molar-refractivity contribution in [1.82, 2.24) is 4.90 Å². The van der Waals surface area contributed by atoms with Gasteiger partial charge in [-0.1, -0.05) is 18.2 Å². The van der Waals surface area contributed by atoms with Gasteiger partial charge in [0.1, 0.15) is 5.75 Å². The summed E-state index contributed by atoms with van der Waals surface area (Å²) in [5.41, 5.74) is 6.76. The average Bonchev–Trinajstić information content (AvgIpc) is 2.88. The van der Waals surface area contributed by atoms with E-state index >= 15 is 0 Å². The van der Waals surface area contributed by atoms with Gasteiger partial charge in [0.05, 0.1) is 6.61 Å². The molecule has 0 spiro atoms. The number of ether oxygens (including phenoxy) is 1. The second kappa shape index (κ2) is 6.62. The zero-order valence-electron chi connectivity index (χ0n) is 10.4. The molecular formula is C14H22N2O. The smallest absolute Gasteiger partial charge is 0.123 e. The van der Waals surface area contributed by atoms with Crippen LogP contribution in [-0.4, -0.2) is 31.1 Å². The van der Waals surface area contributed by atoms with E-state index in [2.05, 4.69) is 4.90 Å². The molecule has 2 N–H and O–H groups in total. The van der Waals surface area contributed by atoms with Crippen LogP contribution >= 0.6 is 0 Å². The monoisotopic (exact) mass is 234 g/mol. The van der Waals surface area contributed by atoms with E-state index < -0.39 is 0 Å². The molecule has 3 nitrogen and oxygen atoms in total. The van der Waals surface area contributed by atoms with Gasteiger partial charge in [-0.2, -0.15) is 0 Å². The lowest BCUT2D eigenvalue weighted by atomic mass is 10.2. The van der Waals surface area contributed by atoms with Crippen LogP contribution in [0.4, 0.5) is 0 Å². The van der Waals surface area contributed by atoms with Gasteiger partial charge in [-0.15, -0.1) is 0 Å². The normalized spacial score (nSPS) is 16.3. The van der Waals surface area contributed by atoms with Crippen molar-refractivity contribution in [1.29, 1.82) is 0 Å². The first kappa shape index (κ1) is 12.4. The van der Waals surface area contributed by atoms with Gasteiger partial charge < -0.3 is 15.4 Å². The van der Waals surface area contributed by atoms with E-state index in [0.717, 1.165) is 30.9 Å². The number of rotatable bonds is 6. The largest absolute Gasteiger partial charge is 0.493 e. The fourth-order valence-electron chi connectivity index (χ4n) is 2.29. The molecule has 0 unspecified atom stereocenters. The molecule has 1 saturated heterocycles. The number of hydrogen-bond acceptors (Lipinski definition) is 3. The number of nitrogens with two attached hydrogens (primary N) is 1. The van der Waals surface area contributed by atoms with E-state index in [9.17, 15) is 0 Å². The fraction of sp³-hybridized carbons (Fsp3) is 0.571. The zero-order chi connectivity index (χ0) is 11.9. The molecule has 0 bridgehead atoms. The minimum Gasteiger partial charge on any atom is -0.493 e. The van der Waals surface area contributed by atoms with Gasteiger partial charge >= 0.3 is 0 Å². The molecule has 1 aromatic carbocycles. The van der Waals surface area contributed by atoms with Gasteiger partial charge in [0.15, 0.2) is 0 Å². The van der Waals surface area contributed by atoms with Crippen molar-refractivity contribution in [2.45, 2.75) is 25.8 Å². The molecule has 0 atom stereocenters. The van der Waals surface area contributed by atoms with Crippen LogP contribution in [0.1, 0.15) is 24.8 Å². The standard InChI is InChI=1S/C14H22N2O/c15-12-13-6-1-2-7-14(13)17-11-5-10-16-8-3-4-9-16/h1-2,6-7H,3-5,8-12,15H2. The van der Waals surface area contributed by atoms with E-state index in [0.29, 0.717) is 6.54 Å². The Balaban J connectivity index is 1.70. The molecule has 1 fully saturated rings. The van der Waals surface area contributed by atoms with E-state index in [4.69, 9.17) is 10.5 Å². The summed E-state index contributed by atoms with van der Waals surface area (Å²) < 4.78 is 5.78. The molecule has 2 rings (SSSR count). The second-order valence-corrected chi connectivity index (χ2v) is 4.56. The summed E-state index contributed by atoms with van der Waals surface area (Å²) in [6.07, 6.45) is 3.81. The SMILES string of the molecule is NCc1ccccc1OCCCN1CCCC1. The third-order valence-corrected chi connectivity index (χ3v) is 3.27. The van der Waals surface area contributed by atoms with Gasteiger partial charge in [0.25, 0.3) is 0 Å². The van der Waals surface area contributed by atoms with E-state index in [1.54, 1.807) is 0 Å². The van der Waals surface area contributed by atoms with Crippen molar-refractivity contribution in [2.75, 3.05) is 26.2 Å². The lowest BCUT2D eigenvalue weighted by Gasteiger charge is -2.15. The summed E-state index contributed by atoms with van der Waals surface area (Å²) in [4.78, 5) is 2.51. The van der Waals surface area contributed by atoms with Crippen molar-refractivity contribution in [3.05, 3.63) is 29.8 Å². The summed E-state index contributed by atoms with van der Waals surface area (Å²) in [6, 6.07) is 8.02. The highest BCUT2D eigenvalue weighted by atomic mass is 16.5. The van der Waals surface area contributed by atoms with Crippen molar-refractivity contribution in [3.63, 3.8) is 0 Å². The highest BCUT2D eigenvalue weighted by molar-refractivity contribution is 5.32. The molecule has 1 aliphatic rings. The maximum absolute atomic E-state index is 5.78. The van der Waals surface area contributed by atoms with E-state index in [1.807, 2.05) is 24.3 Å². The van der Waals surface area contributed by atoms with Gasteiger partial charge in [-0.3, -0.25) is 0 Å². The van der Waals surface area contributed by atoms with Gasteiger partial charge in [0.2, 0.25) is 0 Å². The van der Waals surface area contributed by atoms with Crippen LogP contribution in [0.2, 0.25) is 0 Å². The molecule has 0 aliphatic carbocycles. The Bertz CT molecular complexity index is 335.